The second-order valence-corrected chi connectivity index (χ2v) is 8.24. The van der Waals surface area contributed by atoms with Crippen LogP contribution in [0.25, 0.3) is 0 Å². The van der Waals surface area contributed by atoms with Crippen LogP contribution in [-0.4, -0.2) is 12.6 Å². The molecule has 0 unspecified atom stereocenters. The Bertz CT molecular complexity index is 991. The van der Waals surface area contributed by atoms with Crippen LogP contribution in [0.3, 0.4) is 0 Å². The van der Waals surface area contributed by atoms with Gasteiger partial charge in [-0.1, -0.05) is 26.0 Å². The predicted octanol–water partition coefficient (Wildman–Crippen LogP) is 4.76. The van der Waals surface area contributed by atoms with Gasteiger partial charge in [-0.3, -0.25) is 4.79 Å². The highest BCUT2D eigenvalue weighted by molar-refractivity contribution is 6.01. The zero-order valence-electron chi connectivity index (χ0n) is 15.3. The summed E-state index contributed by atoms with van der Waals surface area (Å²) in [6.45, 7) is 4.41. The topological polar surface area (TPSA) is 47.6 Å². The maximum atomic E-state index is 13.5. The number of nitrogens with one attached hydrogen (secondary N) is 1. The van der Waals surface area contributed by atoms with Gasteiger partial charge in [0, 0.05) is 35.4 Å². The Kier molecular flexibility index (Phi) is 3.39. The zero-order chi connectivity index (χ0) is 18.8. The molecule has 5 rings (SSSR count). The van der Waals surface area contributed by atoms with Gasteiger partial charge in [0.05, 0.1) is 0 Å². The molecule has 138 valence electrons. The number of carbonyl (C=O) groups excluding carboxylic acids is 1. The highest BCUT2D eigenvalue weighted by Gasteiger charge is 2.41. The molecule has 3 aliphatic rings. The zero-order valence-corrected chi connectivity index (χ0v) is 15.3. The summed E-state index contributed by atoms with van der Waals surface area (Å²) in [4.78, 5) is 13.1. The van der Waals surface area contributed by atoms with Gasteiger partial charge in [-0.25, -0.2) is 4.39 Å². The van der Waals surface area contributed by atoms with Gasteiger partial charge in [0.2, 0.25) is 6.79 Å². The summed E-state index contributed by atoms with van der Waals surface area (Å²) < 4.78 is 24.6. The van der Waals surface area contributed by atoms with E-state index in [1.54, 1.807) is 12.1 Å². The summed E-state index contributed by atoms with van der Waals surface area (Å²) in [6, 6.07) is 10.3. The molecule has 0 saturated carbocycles. The quantitative estimate of drug-likeness (QED) is 0.792. The highest BCUT2D eigenvalue weighted by atomic mass is 19.1. The first kappa shape index (κ1) is 16.4. The van der Waals surface area contributed by atoms with Crippen molar-refractivity contribution in [1.29, 1.82) is 0 Å². The van der Waals surface area contributed by atoms with Gasteiger partial charge in [0.15, 0.2) is 17.3 Å². The first-order valence-corrected chi connectivity index (χ1v) is 9.14. The molecule has 2 heterocycles. The lowest BCUT2D eigenvalue weighted by atomic mass is 9.68. The molecule has 0 radical (unpaired) electrons. The van der Waals surface area contributed by atoms with Crippen LogP contribution in [0, 0.1) is 11.2 Å². The van der Waals surface area contributed by atoms with E-state index in [4.69, 9.17) is 9.47 Å². The van der Waals surface area contributed by atoms with Crippen molar-refractivity contribution in [3.63, 3.8) is 0 Å². The number of fused-ring (bicyclic) bond motifs is 2. The van der Waals surface area contributed by atoms with Crippen molar-refractivity contribution >= 4 is 11.5 Å². The molecule has 0 amide bonds. The molecule has 1 aliphatic carbocycles. The Morgan fingerprint density at radius 1 is 1.07 bits per heavy atom. The molecule has 27 heavy (non-hydrogen) atoms. The number of anilines is 1. The Labute approximate surface area is 157 Å². The molecule has 5 heteroatoms. The minimum atomic E-state index is -0.288. The third-order valence-electron chi connectivity index (χ3n) is 5.55. The third kappa shape index (κ3) is 2.60. The second-order valence-electron chi connectivity index (χ2n) is 8.24. The minimum Gasteiger partial charge on any atom is -0.454 e. The number of hydrogen-bond acceptors (Lipinski definition) is 4. The summed E-state index contributed by atoms with van der Waals surface area (Å²) in [5, 5.41) is 3.47. The number of carbonyl (C=O) groups is 1. The smallest absolute Gasteiger partial charge is 0.231 e. The van der Waals surface area contributed by atoms with Gasteiger partial charge in [-0.05, 0) is 41.2 Å². The molecule has 0 fully saturated rings. The first-order chi connectivity index (χ1) is 12.9. The maximum Gasteiger partial charge on any atom is 0.231 e. The van der Waals surface area contributed by atoms with Gasteiger partial charge in [-0.15, -0.1) is 0 Å². The van der Waals surface area contributed by atoms with E-state index in [2.05, 4.69) is 19.2 Å². The van der Waals surface area contributed by atoms with Crippen molar-refractivity contribution in [2.45, 2.75) is 32.6 Å². The fourth-order valence-electron chi connectivity index (χ4n) is 4.41. The van der Waals surface area contributed by atoms with Gasteiger partial charge in [0.25, 0.3) is 0 Å². The van der Waals surface area contributed by atoms with Gasteiger partial charge in [-0.2, -0.15) is 0 Å². The summed E-state index contributed by atoms with van der Waals surface area (Å²) in [6.07, 6.45) is 1.30. The molecular weight excluding hydrogens is 345 g/mol. The van der Waals surface area contributed by atoms with E-state index in [0.29, 0.717) is 17.9 Å². The van der Waals surface area contributed by atoms with Crippen LogP contribution in [0.4, 0.5) is 10.1 Å². The van der Waals surface area contributed by atoms with E-state index in [-0.39, 0.29) is 29.7 Å². The summed E-state index contributed by atoms with van der Waals surface area (Å²) in [7, 11) is 0. The van der Waals surface area contributed by atoms with Crippen molar-refractivity contribution in [3.8, 4) is 11.5 Å². The highest BCUT2D eigenvalue weighted by Crippen LogP contribution is 2.51. The average Bonchev–Trinajstić information content (AvgIpc) is 3.05. The lowest BCUT2D eigenvalue weighted by Gasteiger charge is -2.39. The molecule has 2 aromatic rings. The van der Waals surface area contributed by atoms with E-state index in [9.17, 15) is 9.18 Å². The van der Waals surface area contributed by atoms with Crippen LogP contribution in [-0.2, 0) is 4.79 Å². The lowest BCUT2D eigenvalue weighted by molar-refractivity contribution is -0.118. The van der Waals surface area contributed by atoms with Crippen molar-refractivity contribution in [3.05, 3.63) is 64.6 Å². The number of rotatable bonds is 1. The van der Waals surface area contributed by atoms with Crippen LogP contribution in [0.5, 0.6) is 11.5 Å². The Balaban J connectivity index is 1.72. The van der Waals surface area contributed by atoms with E-state index in [1.165, 1.54) is 12.1 Å². The molecular formula is C22H20FNO3. The molecule has 2 aromatic carbocycles. The number of hydrogen-bond donors (Lipinski definition) is 1. The number of ketones is 1. The van der Waals surface area contributed by atoms with Crippen LogP contribution in [0.2, 0.25) is 0 Å². The van der Waals surface area contributed by atoms with Crippen LogP contribution in [0.1, 0.15) is 43.7 Å². The molecule has 1 N–H and O–H groups in total. The Morgan fingerprint density at radius 2 is 1.78 bits per heavy atom. The Morgan fingerprint density at radius 3 is 2.52 bits per heavy atom. The molecule has 0 bridgehead atoms. The minimum absolute atomic E-state index is 0.0931. The number of ether oxygens (including phenoxy) is 2. The number of allylic oxidation sites excluding steroid dienone is 2. The van der Waals surface area contributed by atoms with Crippen molar-refractivity contribution in [2.75, 3.05) is 12.1 Å². The molecule has 2 aliphatic heterocycles. The van der Waals surface area contributed by atoms with Crippen molar-refractivity contribution in [2.24, 2.45) is 5.41 Å². The predicted molar refractivity (Wildman–Crippen MR) is 99.5 cm³/mol. The molecule has 0 saturated heterocycles. The number of halogens is 1. The van der Waals surface area contributed by atoms with Crippen molar-refractivity contribution in [1.82, 2.24) is 0 Å². The first-order valence-electron chi connectivity index (χ1n) is 9.14. The lowest BCUT2D eigenvalue weighted by Crippen LogP contribution is -2.33. The molecule has 0 aromatic heterocycles. The van der Waals surface area contributed by atoms with E-state index < -0.39 is 0 Å². The summed E-state index contributed by atoms with van der Waals surface area (Å²) in [5.41, 5.74) is 4.42. The SMILES string of the molecule is CC1(C)CC(=O)C2=C(C1)Nc1cc3c(cc1[C@@H]2c1ccc(F)cc1)OCO3. The average molecular weight is 365 g/mol. The van der Waals surface area contributed by atoms with Crippen LogP contribution < -0.4 is 14.8 Å². The third-order valence-corrected chi connectivity index (χ3v) is 5.55. The molecule has 4 nitrogen and oxygen atoms in total. The normalized spacial score (nSPS) is 22.2. The van der Waals surface area contributed by atoms with Crippen LogP contribution in [0.15, 0.2) is 47.7 Å². The largest absolute Gasteiger partial charge is 0.454 e. The standard InChI is InChI=1S/C22H20FNO3/c1-22(2)9-16-21(17(25)10-22)20(12-3-5-13(23)6-4-12)14-7-18-19(27-11-26-18)8-15(14)24-16/h3-8,20,24H,9-11H2,1-2H3/t20-/m0/s1. The van der Waals surface area contributed by atoms with Gasteiger partial charge >= 0.3 is 0 Å². The molecule has 0 spiro atoms. The monoisotopic (exact) mass is 365 g/mol. The van der Waals surface area contributed by atoms with E-state index in [1.807, 2.05) is 12.1 Å². The van der Waals surface area contributed by atoms with E-state index in [0.717, 1.165) is 34.5 Å². The van der Waals surface area contributed by atoms with Crippen LogP contribution >= 0.6 is 0 Å². The van der Waals surface area contributed by atoms with Gasteiger partial charge in [0.1, 0.15) is 5.82 Å². The van der Waals surface area contributed by atoms with E-state index >= 15 is 0 Å². The van der Waals surface area contributed by atoms with Gasteiger partial charge < -0.3 is 14.8 Å². The fraction of sp³-hybridized carbons (Fsp3) is 0.318. The number of benzene rings is 2. The summed E-state index contributed by atoms with van der Waals surface area (Å²) >= 11 is 0. The number of Topliss-reactive ketones (excluding diaryl/α,β-unsaturated/α-hetero) is 1. The fourth-order valence-corrected chi connectivity index (χ4v) is 4.41. The molecule has 1 atom stereocenters. The second kappa shape index (κ2) is 5.59. The maximum absolute atomic E-state index is 13.5. The Hall–Kier alpha value is -2.82. The van der Waals surface area contributed by atoms with Crippen molar-refractivity contribution < 1.29 is 18.7 Å². The summed E-state index contributed by atoms with van der Waals surface area (Å²) in [5.74, 6) is 0.991.